The fourth-order valence-electron chi connectivity index (χ4n) is 2.75. The van der Waals surface area contributed by atoms with E-state index in [1.165, 1.54) is 0 Å². The maximum atomic E-state index is 12.1. The summed E-state index contributed by atoms with van der Waals surface area (Å²) in [6, 6.07) is 0.521. The molecule has 0 aromatic heterocycles. The molecule has 1 saturated heterocycles. The van der Waals surface area contributed by atoms with Crippen LogP contribution in [0.4, 0.5) is 0 Å². The van der Waals surface area contributed by atoms with Crippen molar-refractivity contribution in [2.24, 2.45) is 4.99 Å². The van der Waals surface area contributed by atoms with Crippen LogP contribution in [0.1, 0.15) is 34.6 Å². The number of guanidine groups is 1. The molecule has 0 saturated carbocycles. The van der Waals surface area contributed by atoms with E-state index < -0.39 is 14.6 Å². The second kappa shape index (κ2) is 9.41. The van der Waals surface area contributed by atoms with E-state index in [1.807, 2.05) is 4.90 Å². The average Bonchev–Trinajstić information content (AvgIpc) is 2.42. The monoisotopic (exact) mass is 460 g/mol. The topological polar surface area (TPSA) is 65.0 Å². The van der Waals surface area contributed by atoms with Gasteiger partial charge in [-0.3, -0.25) is 9.89 Å². The number of halogens is 1. The first kappa shape index (κ1) is 22.9. The van der Waals surface area contributed by atoms with Gasteiger partial charge in [-0.2, -0.15) is 0 Å². The Balaban J connectivity index is 0.00000484. The van der Waals surface area contributed by atoms with Crippen LogP contribution < -0.4 is 5.32 Å². The van der Waals surface area contributed by atoms with Gasteiger partial charge in [-0.25, -0.2) is 8.42 Å². The van der Waals surface area contributed by atoms with Gasteiger partial charge >= 0.3 is 0 Å². The third kappa shape index (κ3) is 6.04. The third-order valence-corrected chi connectivity index (χ3v) is 6.91. The van der Waals surface area contributed by atoms with Gasteiger partial charge in [-0.15, -0.1) is 24.0 Å². The molecule has 138 valence electrons. The molecule has 1 N–H and O–H groups in total. The Hall–Kier alpha value is -0.0900. The number of nitrogens with zero attached hydrogens (tertiary/aromatic N) is 3. The van der Waals surface area contributed by atoms with E-state index in [4.69, 9.17) is 0 Å². The van der Waals surface area contributed by atoms with Crippen LogP contribution in [0, 0.1) is 0 Å². The fraction of sp³-hybridized carbons (Fsp3) is 0.933. The van der Waals surface area contributed by atoms with Crippen molar-refractivity contribution in [1.29, 1.82) is 0 Å². The van der Waals surface area contributed by atoms with Crippen LogP contribution in [0.15, 0.2) is 4.99 Å². The summed E-state index contributed by atoms with van der Waals surface area (Å²) >= 11 is 0. The van der Waals surface area contributed by atoms with Crippen LogP contribution in [0.3, 0.4) is 0 Å². The summed E-state index contributed by atoms with van der Waals surface area (Å²) in [6.45, 7) is 13.9. The molecule has 1 fully saturated rings. The summed E-state index contributed by atoms with van der Waals surface area (Å²) in [5, 5.41) is 3.36. The largest absolute Gasteiger partial charge is 0.355 e. The van der Waals surface area contributed by atoms with Gasteiger partial charge in [0.15, 0.2) is 15.8 Å². The van der Waals surface area contributed by atoms with Crippen LogP contribution in [-0.2, 0) is 9.84 Å². The molecule has 0 bridgehead atoms. The highest BCUT2D eigenvalue weighted by Crippen LogP contribution is 2.23. The van der Waals surface area contributed by atoms with Gasteiger partial charge in [0.25, 0.3) is 0 Å². The summed E-state index contributed by atoms with van der Waals surface area (Å²) in [5.41, 5.74) is 0. The Morgan fingerprint density at radius 2 is 2.00 bits per heavy atom. The molecule has 0 aliphatic carbocycles. The second-order valence-electron chi connectivity index (χ2n) is 6.70. The minimum absolute atomic E-state index is 0. The number of hydrogen-bond donors (Lipinski definition) is 1. The number of hydrogen-bond acceptors (Lipinski definition) is 4. The molecular formula is C15H33IN4O2S. The lowest BCUT2D eigenvalue weighted by Crippen LogP contribution is -2.57. The van der Waals surface area contributed by atoms with Crippen LogP contribution in [-0.4, -0.2) is 80.5 Å². The highest BCUT2D eigenvalue weighted by atomic mass is 127. The van der Waals surface area contributed by atoms with E-state index >= 15 is 0 Å². The third-order valence-electron chi connectivity index (χ3n) is 4.37. The summed E-state index contributed by atoms with van der Waals surface area (Å²) < 4.78 is 23.4. The summed E-state index contributed by atoms with van der Waals surface area (Å²) in [6.07, 6.45) is 0. The molecule has 1 heterocycles. The SMILES string of the molecule is CCN(CCNC(=NC)N1CCS(=O)(=O)C(C)(C)C1)C(C)C.I. The lowest BCUT2D eigenvalue weighted by atomic mass is 10.2. The number of likely N-dealkylation sites (N-methyl/N-ethyl adjacent to an activating group) is 1. The summed E-state index contributed by atoms with van der Waals surface area (Å²) in [7, 11) is -1.27. The summed E-state index contributed by atoms with van der Waals surface area (Å²) in [4.78, 5) is 8.74. The molecule has 6 nitrogen and oxygen atoms in total. The van der Waals surface area contributed by atoms with Gasteiger partial charge in [0, 0.05) is 39.3 Å². The van der Waals surface area contributed by atoms with Crippen molar-refractivity contribution in [2.75, 3.05) is 45.5 Å². The molecule has 1 aliphatic rings. The van der Waals surface area contributed by atoms with Crippen LogP contribution >= 0.6 is 24.0 Å². The molecule has 0 spiro atoms. The maximum Gasteiger partial charge on any atom is 0.193 e. The molecule has 0 amide bonds. The molecule has 0 atom stereocenters. The number of aliphatic imine (C=N–C) groups is 1. The van der Waals surface area contributed by atoms with E-state index in [-0.39, 0.29) is 29.7 Å². The molecule has 23 heavy (non-hydrogen) atoms. The van der Waals surface area contributed by atoms with Crippen molar-refractivity contribution in [3.05, 3.63) is 0 Å². The first-order valence-corrected chi connectivity index (χ1v) is 9.71. The van der Waals surface area contributed by atoms with Crippen molar-refractivity contribution >= 4 is 39.8 Å². The second-order valence-corrected chi connectivity index (χ2v) is 9.44. The zero-order valence-electron chi connectivity index (χ0n) is 15.3. The lowest BCUT2D eigenvalue weighted by molar-refractivity contribution is 0.236. The number of sulfone groups is 1. The molecule has 1 aliphatic heterocycles. The van der Waals surface area contributed by atoms with Gasteiger partial charge in [0.1, 0.15) is 0 Å². The van der Waals surface area contributed by atoms with Crippen molar-refractivity contribution in [3.8, 4) is 0 Å². The normalized spacial score (nSPS) is 20.5. The van der Waals surface area contributed by atoms with Crippen molar-refractivity contribution < 1.29 is 8.42 Å². The minimum Gasteiger partial charge on any atom is -0.355 e. The molecule has 0 aromatic carbocycles. The Bertz CT molecular complexity index is 492. The molecular weight excluding hydrogens is 427 g/mol. The van der Waals surface area contributed by atoms with Crippen LogP contribution in [0.5, 0.6) is 0 Å². The van der Waals surface area contributed by atoms with Crippen molar-refractivity contribution in [1.82, 2.24) is 15.1 Å². The Labute approximate surface area is 159 Å². The zero-order valence-corrected chi connectivity index (χ0v) is 18.4. The van der Waals surface area contributed by atoms with Gasteiger partial charge < -0.3 is 10.2 Å². The van der Waals surface area contributed by atoms with Gasteiger partial charge in [-0.1, -0.05) is 6.92 Å². The van der Waals surface area contributed by atoms with Gasteiger partial charge in [0.2, 0.25) is 0 Å². The van der Waals surface area contributed by atoms with Gasteiger partial charge in [0.05, 0.1) is 10.5 Å². The van der Waals surface area contributed by atoms with Gasteiger partial charge in [-0.05, 0) is 34.2 Å². The average molecular weight is 460 g/mol. The molecule has 0 radical (unpaired) electrons. The number of rotatable bonds is 5. The maximum absolute atomic E-state index is 12.1. The molecule has 0 aromatic rings. The minimum atomic E-state index is -3.02. The van der Waals surface area contributed by atoms with E-state index in [9.17, 15) is 8.42 Å². The standard InChI is InChI=1S/C15H32N4O2S.HI/c1-7-18(13(2)3)9-8-17-14(16-6)19-10-11-22(20,21)15(4,5)12-19;/h13H,7-12H2,1-6H3,(H,16,17);1H. The molecule has 0 unspecified atom stereocenters. The lowest BCUT2D eigenvalue weighted by Gasteiger charge is -2.39. The Morgan fingerprint density at radius 3 is 2.43 bits per heavy atom. The quantitative estimate of drug-likeness (QED) is 0.382. The molecule has 8 heteroatoms. The fourth-order valence-corrected chi connectivity index (χ4v) is 4.12. The van der Waals surface area contributed by atoms with Crippen LogP contribution in [0.2, 0.25) is 0 Å². The first-order valence-electron chi connectivity index (χ1n) is 8.06. The first-order chi connectivity index (χ1) is 10.1. The Kier molecular flexibility index (Phi) is 9.37. The molecule has 1 rings (SSSR count). The van der Waals surface area contributed by atoms with Crippen molar-refractivity contribution in [2.45, 2.75) is 45.4 Å². The highest BCUT2D eigenvalue weighted by Gasteiger charge is 2.40. The van der Waals surface area contributed by atoms with E-state index in [0.717, 1.165) is 25.6 Å². The number of nitrogens with one attached hydrogen (secondary N) is 1. The highest BCUT2D eigenvalue weighted by molar-refractivity contribution is 14.0. The predicted molar refractivity (Wildman–Crippen MR) is 109 cm³/mol. The summed E-state index contributed by atoms with van der Waals surface area (Å²) in [5.74, 6) is 0.983. The van der Waals surface area contributed by atoms with Crippen LogP contribution in [0.25, 0.3) is 0 Å². The Morgan fingerprint density at radius 1 is 1.39 bits per heavy atom. The van der Waals surface area contributed by atoms with Crippen molar-refractivity contribution in [3.63, 3.8) is 0 Å². The predicted octanol–water partition coefficient (Wildman–Crippen LogP) is 1.42. The van der Waals surface area contributed by atoms with E-state index in [2.05, 4.69) is 36.0 Å². The van der Waals surface area contributed by atoms with E-state index in [0.29, 0.717) is 19.1 Å². The smallest absolute Gasteiger partial charge is 0.193 e. The van der Waals surface area contributed by atoms with E-state index in [1.54, 1.807) is 20.9 Å². The zero-order chi connectivity index (χ0) is 17.0.